The van der Waals surface area contributed by atoms with Gasteiger partial charge >= 0.3 is 38.0 Å². The zero-order valence-corrected chi connectivity index (χ0v) is 14.1. The number of hydrogen-bond acceptors (Lipinski definition) is 8. The molecule has 0 spiro atoms. The van der Waals surface area contributed by atoms with Gasteiger partial charge in [0.15, 0.2) is 12.3 Å². The molecule has 0 aliphatic heterocycles. The molecular formula is C10H6F6O8Zr. The van der Waals surface area contributed by atoms with Crippen LogP contribution in [0.1, 0.15) is 12.8 Å². The molecule has 0 aromatic carbocycles. The zero-order chi connectivity index (χ0) is 19.9. The van der Waals surface area contributed by atoms with Crippen molar-refractivity contribution in [1.29, 1.82) is 0 Å². The number of alkyl halides is 6. The summed E-state index contributed by atoms with van der Waals surface area (Å²) in [6.45, 7) is 0. The third-order valence-corrected chi connectivity index (χ3v) is 2.02. The largest absolute Gasteiger partial charge is 4.00 e. The van der Waals surface area contributed by atoms with Gasteiger partial charge in [0.05, 0.1) is 0 Å². The number of rotatable bonds is 8. The SMILES string of the molecule is O=C([O-])CC(F)C(F)(F)C(=O)[O-].O=C([O-])CC(F)C(F)(F)C(=O)[O-].[Zr+4]. The van der Waals surface area contributed by atoms with Crippen molar-refractivity contribution in [3.05, 3.63) is 0 Å². The van der Waals surface area contributed by atoms with Gasteiger partial charge in [-0.15, -0.1) is 0 Å². The molecule has 0 saturated carbocycles. The van der Waals surface area contributed by atoms with Crippen LogP contribution >= 0.6 is 0 Å². The maximum Gasteiger partial charge on any atom is 4.00 e. The van der Waals surface area contributed by atoms with Gasteiger partial charge in [0, 0.05) is 24.8 Å². The van der Waals surface area contributed by atoms with Crippen molar-refractivity contribution in [2.45, 2.75) is 37.0 Å². The first-order valence-electron chi connectivity index (χ1n) is 5.43. The fourth-order valence-corrected chi connectivity index (χ4v) is 0.805. The fraction of sp³-hybridized carbons (Fsp3) is 0.600. The molecule has 0 fully saturated rings. The molecule has 140 valence electrons. The Kier molecular flexibility index (Phi) is 12.5. The summed E-state index contributed by atoms with van der Waals surface area (Å²) in [7, 11) is 0. The van der Waals surface area contributed by atoms with Crippen molar-refractivity contribution in [3.8, 4) is 0 Å². The van der Waals surface area contributed by atoms with Crippen molar-refractivity contribution < 1.29 is 92.2 Å². The standard InChI is InChI=1S/2C5H5F3O4.Zr/c2*6-2(1-3(9)10)5(7,8)4(11)12;/h2*2H,1H2,(H,9,10)(H,11,12);/q;;+4/p-4. The van der Waals surface area contributed by atoms with E-state index in [0.29, 0.717) is 0 Å². The first-order chi connectivity index (χ1) is 10.6. The second-order valence-corrected chi connectivity index (χ2v) is 3.91. The number of halogens is 6. The average Bonchev–Trinajstić information content (AvgIpc) is 2.37. The number of carbonyl (C=O) groups excluding carboxylic acids is 4. The van der Waals surface area contributed by atoms with Crippen LogP contribution in [0.2, 0.25) is 0 Å². The third kappa shape index (κ3) is 10.0. The second-order valence-electron chi connectivity index (χ2n) is 3.91. The van der Waals surface area contributed by atoms with Crippen LogP contribution in [-0.2, 0) is 45.4 Å². The Bertz CT molecular complexity index is 456. The number of carboxylic acid groups (broad SMARTS) is 4. The van der Waals surface area contributed by atoms with E-state index in [1.54, 1.807) is 0 Å². The van der Waals surface area contributed by atoms with Gasteiger partial charge in [-0.1, -0.05) is 0 Å². The van der Waals surface area contributed by atoms with Crippen LogP contribution in [0.25, 0.3) is 0 Å². The summed E-state index contributed by atoms with van der Waals surface area (Å²) in [6, 6.07) is 0. The monoisotopic (exact) mass is 458 g/mol. The van der Waals surface area contributed by atoms with Crippen molar-refractivity contribution in [3.63, 3.8) is 0 Å². The van der Waals surface area contributed by atoms with Crippen molar-refractivity contribution in [2.75, 3.05) is 0 Å². The normalized spacial score (nSPS) is 13.4. The average molecular weight is 459 g/mol. The number of aliphatic carboxylic acids is 4. The molecule has 0 aliphatic rings. The molecule has 0 amide bonds. The van der Waals surface area contributed by atoms with Gasteiger partial charge in [0.2, 0.25) is 0 Å². The van der Waals surface area contributed by atoms with E-state index in [0.717, 1.165) is 0 Å². The van der Waals surface area contributed by atoms with Crippen LogP contribution in [0.4, 0.5) is 26.3 Å². The summed E-state index contributed by atoms with van der Waals surface area (Å²) in [5, 5.41) is 38.2. The van der Waals surface area contributed by atoms with Crippen molar-refractivity contribution >= 4 is 23.9 Å². The van der Waals surface area contributed by atoms with E-state index in [2.05, 4.69) is 0 Å². The Labute approximate surface area is 153 Å². The molecular weight excluding hydrogens is 453 g/mol. The van der Waals surface area contributed by atoms with Crippen LogP contribution in [0.15, 0.2) is 0 Å². The van der Waals surface area contributed by atoms with Crippen LogP contribution in [0.3, 0.4) is 0 Å². The molecule has 2 unspecified atom stereocenters. The molecule has 0 N–H and O–H groups in total. The molecule has 0 aliphatic carbocycles. The molecule has 0 saturated heterocycles. The summed E-state index contributed by atoms with van der Waals surface area (Å²) < 4.78 is 72.1. The molecule has 0 heterocycles. The summed E-state index contributed by atoms with van der Waals surface area (Å²) in [6.07, 6.45) is -10.0. The van der Waals surface area contributed by atoms with E-state index in [9.17, 15) is 65.9 Å². The molecule has 0 radical (unpaired) electrons. The van der Waals surface area contributed by atoms with E-state index < -0.39 is 60.9 Å². The topological polar surface area (TPSA) is 161 Å². The van der Waals surface area contributed by atoms with Crippen molar-refractivity contribution in [1.82, 2.24) is 0 Å². The Hall–Kier alpha value is -1.66. The molecule has 0 aromatic heterocycles. The van der Waals surface area contributed by atoms with E-state index in [1.807, 2.05) is 0 Å². The predicted molar refractivity (Wildman–Crippen MR) is 48.9 cm³/mol. The number of carboxylic acids is 4. The van der Waals surface area contributed by atoms with Gasteiger partial charge in [0.1, 0.15) is 11.9 Å². The summed E-state index contributed by atoms with van der Waals surface area (Å²) in [5.74, 6) is -19.7. The molecule has 25 heavy (non-hydrogen) atoms. The second kappa shape index (κ2) is 11.1. The van der Waals surface area contributed by atoms with Gasteiger partial charge in [0.25, 0.3) is 0 Å². The van der Waals surface area contributed by atoms with Crippen LogP contribution in [0.5, 0.6) is 0 Å². The van der Waals surface area contributed by atoms with E-state index in [4.69, 9.17) is 0 Å². The van der Waals surface area contributed by atoms with Gasteiger partial charge in [-0.25, -0.2) is 8.78 Å². The summed E-state index contributed by atoms with van der Waals surface area (Å²) in [4.78, 5) is 38.2. The fourth-order valence-electron chi connectivity index (χ4n) is 0.805. The van der Waals surface area contributed by atoms with E-state index in [1.165, 1.54) is 0 Å². The minimum absolute atomic E-state index is 0. The Morgan fingerprint density at radius 1 is 0.680 bits per heavy atom. The van der Waals surface area contributed by atoms with Crippen LogP contribution in [-0.4, -0.2) is 48.1 Å². The number of hydrogen-bond donors (Lipinski definition) is 0. The predicted octanol–water partition coefficient (Wildman–Crippen LogP) is -4.30. The summed E-state index contributed by atoms with van der Waals surface area (Å²) >= 11 is 0. The quantitative estimate of drug-likeness (QED) is 0.330. The Balaban J connectivity index is -0.000000372. The first-order valence-corrected chi connectivity index (χ1v) is 5.43. The molecule has 2 atom stereocenters. The van der Waals surface area contributed by atoms with Crippen LogP contribution < -0.4 is 20.4 Å². The zero-order valence-electron chi connectivity index (χ0n) is 11.6. The van der Waals surface area contributed by atoms with Gasteiger partial charge in [-0.3, -0.25) is 0 Å². The smallest absolute Gasteiger partial charge is 0.550 e. The third-order valence-electron chi connectivity index (χ3n) is 2.02. The Morgan fingerprint density at radius 2 is 0.880 bits per heavy atom. The number of carbonyl (C=O) groups is 4. The molecule has 0 aromatic rings. The maximum atomic E-state index is 12.1. The van der Waals surface area contributed by atoms with Crippen LogP contribution in [0, 0.1) is 0 Å². The minimum Gasteiger partial charge on any atom is -0.550 e. The molecule has 8 nitrogen and oxygen atoms in total. The van der Waals surface area contributed by atoms with E-state index in [-0.39, 0.29) is 26.2 Å². The first kappa shape index (κ1) is 28.2. The van der Waals surface area contributed by atoms with Gasteiger partial charge in [-0.2, -0.15) is 17.6 Å². The maximum absolute atomic E-state index is 12.1. The Morgan fingerprint density at radius 3 is 1.00 bits per heavy atom. The van der Waals surface area contributed by atoms with Crippen molar-refractivity contribution in [2.24, 2.45) is 0 Å². The molecule has 0 rings (SSSR count). The summed E-state index contributed by atoms with van der Waals surface area (Å²) in [5.41, 5.74) is 0. The molecule has 15 heteroatoms. The van der Waals surface area contributed by atoms with Gasteiger partial charge in [-0.05, 0) is 0 Å². The minimum atomic E-state index is -4.79. The van der Waals surface area contributed by atoms with E-state index >= 15 is 0 Å². The molecule has 0 bridgehead atoms. The van der Waals surface area contributed by atoms with Gasteiger partial charge < -0.3 is 39.6 Å².